The summed E-state index contributed by atoms with van der Waals surface area (Å²) >= 11 is 0. The van der Waals surface area contributed by atoms with Gasteiger partial charge in [0, 0.05) is 23.7 Å². The third-order valence-electron chi connectivity index (χ3n) is 2.33. The molecule has 0 saturated heterocycles. The number of halogens is 1. The third-order valence-corrected chi connectivity index (χ3v) is 2.33. The van der Waals surface area contributed by atoms with E-state index in [1.54, 1.807) is 36.7 Å². The van der Waals surface area contributed by atoms with Crippen LogP contribution in [0.3, 0.4) is 0 Å². The lowest BCUT2D eigenvalue weighted by Crippen LogP contribution is -1.95. The van der Waals surface area contributed by atoms with Crippen LogP contribution in [0.15, 0.2) is 48.0 Å². The SMILES string of the molecule is CC(=Nc1ccc(OCF)cc1)c1cncnc1. The maximum Gasteiger partial charge on any atom is 0.228 e. The van der Waals surface area contributed by atoms with E-state index in [9.17, 15) is 4.39 Å². The summed E-state index contributed by atoms with van der Waals surface area (Å²) in [5.41, 5.74) is 2.44. The van der Waals surface area contributed by atoms with E-state index >= 15 is 0 Å². The first-order chi connectivity index (χ1) is 8.79. The Balaban J connectivity index is 2.17. The Labute approximate surface area is 104 Å². The van der Waals surface area contributed by atoms with Gasteiger partial charge in [0.25, 0.3) is 0 Å². The van der Waals surface area contributed by atoms with E-state index < -0.39 is 6.86 Å². The molecule has 4 nitrogen and oxygen atoms in total. The van der Waals surface area contributed by atoms with Gasteiger partial charge in [-0.1, -0.05) is 0 Å². The van der Waals surface area contributed by atoms with Gasteiger partial charge in [-0.3, -0.25) is 4.99 Å². The van der Waals surface area contributed by atoms with Crippen LogP contribution in [-0.2, 0) is 0 Å². The molecule has 0 bridgehead atoms. The smallest absolute Gasteiger partial charge is 0.228 e. The first-order valence-corrected chi connectivity index (χ1v) is 5.39. The highest BCUT2D eigenvalue weighted by Crippen LogP contribution is 2.19. The van der Waals surface area contributed by atoms with Gasteiger partial charge in [0.05, 0.1) is 5.69 Å². The summed E-state index contributed by atoms with van der Waals surface area (Å²) in [5.74, 6) is 0.483. The number of ether oxygens (including phenoxy) is 1. The van der Waals surface area contributed by atoms with Gasteiger partial charge in [-0.05, 0) is 31.2 Å². The Morgan fingerprint density at radius 1 is 1.22 bits per heavy atom. The van der Waals surface area contributed by atoms with Gasteiger partial charge in [0.1, 0.15) is 12.1 Å². The van der Waals surface area contributed by atoms with Crippen LogP contribution >= 0.6 is 0 Å². The average molecular weight is 245 g/mol. The molecule has 1 heterocycles. The Hall–Kier alpha value is -2.30. The molecule has 92 valence electrons. The van der Waals surface area contributed by atoms with E-state index in [1.165, 1.54) is 6.33 Å². The number of hydrogen-bond donors (Lipinski definition) is 0. The minimum absolute atomic E-state index is 0.483. The van der Waals surface area contributed by atoms with Gasteiger partial charge in [-0.15, -0.1) is 0 Å². The average Bonchev–Trinajstić information content (AvgIpc) is 2.42. The zero-order valence-corrected chi connectivity index (χ0v) is 9.88. The van der Waals surface area contributed by atoms with Crippen molar-refractivity contribution < 1.29 is 9.13 Å². The van der Waals surface area contributed by atoms with Crippen LogP contribution in [0.1, 0.15) is 12.5 Å². The van der Waals surface area contributed by atoms with E-state index in [4.69, 9.17) is 4.74 Å². The molecule has 1 aromatic heterocycles. The molecule has 0 unspecified atom stereocenters. The standard InChI is InChI=1S/C13H12FN3O/c1-10(11-6-15-9-16-7-11)17-12-2-4-13(5-3-12)18-8-14/h2-7,9H,8H2,1H3. The molecule has 0 spiro atoms. The fraction of sp³-hybridized carbons (Fsp3) is 0.154. The molecule has 0 N–H and O–H groups in total. The predicted octanol–water partition coefficient (Wildman–Crippen LogP) is 2.92. The third kappa shape index (κ3) is 3.10. The van der Waals surface area contributed by atoms with Crippen molar-refractivity contribution in [3.63, 3.8) is 0 Å². The molecule has 2 rings (SSSR count). The lowest BCUT2D eigenvalue weighted by Gasteiger charge is -2.02. The summed E-state index contributed by atoms with van der Waals surface area (Å²) in [4.78, 5) is 12.3. The largest absolute Gasteiger partial charge is 0.463 e. The summed E-state index contributed by atoms with van der Waals surface area (Å²) in [6.07, 6.45) is 4.87. The van der Waals surface area contributed by atoms with Crippen LogP contribution in [0.2, 0.25) is 0 Å². The van der Waals surface area contributed by atoms with Gasteiger partial charge in [-0.2, -0.15) is 0 Å². The maximum absolute atomic E-state index is 11.9. The number of rotatable bonds is 4. The minimum Gasteiger partial charge on any atom is -0.463 e. The molecule has 0 saturated carbocycles. The monoisotopic (exact) mass is 245 g/mol. The van der Waals surface area contributed by atoms with E-state index in [1.807, 2.05) is 6.92 Å². The molecule has 0 radical (unpaired) electrons. The number of aliphatic imine (C=N–C) groups is 1. The number of aromatic nitrogens is 2. The lowest BCUT2D eigenvalue weighted by atomic mass is 10.2. The van der Waals surface area contributed by atoms with Crippen molar-refractivity contribution in [2.45, 2.75) is 6.92 Å². The summed E-state index contributed by atoms with van der Waals surface area (Å²) in [6.45, 7) is 1.05. The van der Waals surface area contributed by atoms with Gasteiger partial charge in [0.2, 0.25) is 6.86 Å². The van der Waals surface area contributed by atoms with Crippen LogP contribution in [0.4, 0.5) is 10.1 Å². The second-order valence-electron chi connectivity index (χ2n) is 3.57. The zero-order valence-electron chi connectivity index (χ0n) is 9.88. The zero-order chi connectivity index (χ0) is 12.8. The molecule has 0 aliphatic carbocycles. The Morgan fingerprint density at radius 2 is 1.89 bits per heavy atom. The molecule has 18 heavy (non-hydrogen) atoms. The fourth-order valence-corrected chi connectivity index (χ4v) is 1.42. The molecule has 2 aromatic rings. The summed E-state index contributed by atoms with van der Waals surface area (Å²) < 4.78 is 16.7. The van der Waals surface area contributed by atoms with Gasteiger partial charge < -0.3 is 4.74 Å². The van der Waals surface area contributed by atoms with Crippen molar-refractivity contribution in [3.8, 4) is 5.75 Å². The Kier molecular flexibility index (Phi) is 3.96. The molecule has 0 aliphatic rings. The highest BCUT2D eigenvalue weighted by molar-refractivity contribution is 5.99. The number of alkyl halides is 1. The predicted molar refractivity (Wildman–Crippen MR) is 66.9 cm³/mol. The van der Waals surface area contributed by atoms with Gasteiger partial charge >= 0.3 is 0 Å². The molecule has 0 fully saturated rings. The van der Waals surface area contributed by atoms with E-state index in [-0.39, 0.29) is 0 Å². The van der Waals surface area contributed by atoms with Crippen LogP contribution in [0.5, 0.6) is 5.75 Å². The van der Waals surface area contributed by atoms with Crippen molar-refractivity contribution in [2.24, 2.45) is 4.99 Å². The Bertz CT molecular complexity index is 526. The molecule has 0 amide bonds. The van der Waals surface area contributed by atoms with Crippen molar-refractivity contribution in [1.82, 2.24) is 9.97 Å². The van der Waals surface area contributed by atoms with E-state index in [0.29, 0.717) is 5.75 Å². The van der Waals surface area contributed by atoms with Crippen molar-refractivity contribution in [1.29, 1.82) is 0 Å². The van der Waals surface area contributed by atoms with Crippen molar-refractivity contribution in [3.05, 3.63) is 48.5 Å². The quantitative estimate of drug-likeness (QED) is 0.778. The molecule has 5 heteroatoms. The van der Waals surface area contributed by atoms with Crippen LogP contribution in [0.25, 0.3) is 0 Å². The lowest BCUT2D eigenvalue weighted by molar-refractivity contribution is 0.192. The highest BCUT2D eigenvalue weighted by Gasteiger charge is 1.98. The molecular formula is C13H12FN3O. The van der Waals surface area contributed by atoms with E-state index in [0.717, 1.165) is 17.0 Å². The number of benzene rings is 1. The van der Waals surface area contributed by atoms with E-state index in [2.05, 4.69) is 15.0 Å². The highest BCUT2D eigenvalue weighted by atomic mass is 19.1. The molecule has 0 aliphatic heterocycles. The van der Waals surface area contributed by atoms with Crippen LogP contribution in [-0.4, -0.2) is 22.5 Å². The summed E-state index contributed by atoms with van der Waals surface area (Å²) in [5, 5.41) is 0. The molecular weight excluding hydrogens is 233 g/mol. The molecule has 1 aromatic carbocycles. The first-order valence-electron chi connectivity index (χ1n) is 5.39. The number of hydrogen-bond acceptors (Lipinski definition) is 4. The Morgan fingerprint density at radius 3 is 2.50 bits per heavy atom. The molecule has 0 atom stereocenters. The second-order valence-corrected chi connectivity index (χ2v) is 3.57. The van der Waals surface area contributed by atoms with Gasteiger partial charge in [-0.25, -0.2) is 14.4 Å². The van der Waals surface area contributed by atoms with Crippen LogP contribution < -0.4 is 4.74 Å². The first kappa shape index (κ1) is 12.2. The number of nitrogens with zero attached hydrogens (tertiary/aromatic N) is 3. The summed E-state index contributed by atoms with van der Waals surface area (Å²) in [7, 11) is 0. The van der Waals surface area contributed by atoms with Gasteiger partial charge in [0.15, 0.2) is 0 Å². The topological polar surface area (TPSA) is 47.4 Å². The fourth-order valence-electron chi connectivity index (χ4n) is 1.42. The van der Waals surface area contributed by atoms with Crippen molar-refractivity contribution >= 4 is 11.4 Å². The minimum atomic E-state index is -0.830. The maximum atomic E-state index is 11.9. The van der Waals surface area contributed by atoms with Crippen molar-refractivity contribution in [2.75, 3.05) is 6.86 Å². The normalized spacial score (nSPS) is 11.3. The van der Waals surface area contributed by atoms with Crippen LogP contribution in [0, 0.1) is 0 Å². The summed E-state index contributed by atoms with van der Waals surface area (Å²) in [6, 6.07) is 6.87. The second kappa shape index (κ2) is 5.86.